The van der Waals surface area contributed by atoms with E-state index in [-0.39, 0.29) is 0 Å². The van der Waals surface area contributed by atoms with Crippen molar-refractivity contribution in [3.63, 3.8) is 0 Å². The summed E-state index contributed by atoms with van der Waals surface area (Å²) in [7, 11) is 0. The summed E-state index contributed by atoms with van der Waals surface area (Å²) in [5.74, 6) is 0. The summed E-state index contributed by atoms with van der Waals surface area (Å²) < 4.78 is 5.11. The molecule has 1 aliphatic rings. The van der Waals surface area contributed by atoms with Gasteiger partial charge in [-0.3, -0.25) is 0 Å². The molecule has 0 aliphatic carbocycles. The lowest BCUT2D eigenvalue weighted by atomic mass is 10.1. The first-order valence-electron chi connectivity index (χ1n) is 4.61. The van der Waals surface area contributed by atoms with Crippen molar-refractivity contribution in [3.05, 3.63) is 23.3 Å². The van der Waals surface area contributed by atoms with E-state index in [1.165, 1.54) is 17.6 Å². The van der Waals surface area contributed by atoms with Gasteiger partial charge in [0.25, 0.3) is 0 Å². The van der Waals surface area contributed by atoms with E-state index in [2.05, 4.69) is 32.9 Å². The van der Waals surface area contributed by atoms with Crippen LogP contribution in [-0.2, 0) is 4.74 Å². The van der Waals surface area contributed by atoms with Crippen LogP contribution in [-0.4, -0.2) is 12.7 Å². The minimum Gasteiger partial charge on any atom is -0.369 e. The molecule has 1 rings (SSSR count). The Balaban J connectivity index is 2.17. The highest BCUT2D eigenvalue weighted by molar-refractivity contribution is 5.07. The van der Waals surface area contributed by atoms with Crippen molar-refractivity contribution in [1.29, 1.82) is 0 Å². The zero-order chi connectivity index (χ0) is 8.97. The highest BCUT2D eigenvalue weighted by Gasteiger charge is 2.18. The maximum absolute atomic E-state index is 5.11. The lowest BCUT2D eigenvalue weighted by Gasteiger charge is -1.96. The maximum Gasteiger partial charge on any atom is 0.0993 e. The minimum absolute atomic E-state index is 0.441. The molecule has 0 spiro atoms. The van der Waals surface area contributed by atoms with Crippen LogP contribution in [0.4, 0.5) is 0 Å². The molecule has 0 saturated carbocycles. The third-order valence-electron chi connectivity index (χ3n) is 1.92. The normalized spacial score (nSPS) is 22.2. The highest BCUT2D eigenvalue weighted by Crippen LogP contribution is 2.15. The smallest absolute Gasteiger partial charge is 0.0993 e. The molecule has 1 heterocycles. The van der Waals surface area contributed by atoms with Crippen molar-refractivity contribution in [2.45, 2.75) is 39.7 Å². The summed E-state index contributed by atoms with van der Waals surface area (Å²) in [6.45, 7) is 7.40. The average molecular weight is 166 g/mol. The minimum atomic E-state index is 0.441. The summed E-state index contributed by atoms with van der Waals surface area (Å²) in [4.78, 5) is 0. The fourth-order valence-corrected chi connectivity index (χ4v) is 1.14. The Labute approximate surface area is 75.1 Å². The van der Waals surface area contributed by atoms with Crippen LogP contribution in [0.25, 0.3) is 0 Å². The van der Waals surface area contributed by atoms with E-state index in [0.717, 1.165) is 13.0 Å². The van der Waals surface area contributed by atoms with E-state index >= 15 is 0 Å². The Bertz CT molecular complexity index is 193. The van der Waals surface area contributed by atoms with Crippen LogP contribution in [0.2, 0.25) is 0 Å². The molecule has 1 aliphatic heterocycles. The molecule has 1 saturated heterocycles. The van der Waals surface area contributed by atoms with Gasteiger partial charge >= 0.3 is 0 Å². The summed E-state index contributed by atoms with van der Waals surface area (Å²) >= 11 is 0. The SMILES string of the molecule is CC(C)=CCCC(C)=CC1CO1. The molecular formula is C11H18O. The van der Waals surface area contributed by atoms with Crippen LogP contribution in [0.5, 0.6) is 0 Å². The molecule has 0 N–H and O–H groups in total. The van der Waals surface area contributed by atoms with E-state index in [9.17, 15) is 0 Å². The maximum atomic E-state index is 5.11. The molecule has 1 unspecified atom stereocenters. The van der Waals surface area contributed by atoms with Gasteiger partial charge in [-0.05, 0) is 33.6 Å². The Morgan fingerprint density at radius 3 is 2.58 bits per heavy atom. The van der Waals surface area contributed by atoms with Gasteiger partial charge in [-0.25, -0.2) is 0 Å². The Hall–Kier alpha value is -0.560. The molecule has 1 atom stereocenters. The second kappa shape index (κ2) is 4.46. The van der Waals surface area contributed by atoms with E-state index in [4.69, 9.17) is 4.74 Å². The molecule has 1 fully saturated rings. The molecule has 0 aromatic carbocycles. The molecule has 1 nitrogen and oxygen atoms in total. The third kappa shape index (κ3) is 4.35. The fourth-order valence-electron chi connectivity index (χ4n) is 1.14. The van der Waals surface area contributed by atoms with Crippen LogP contribution >= 0.6 is 0 Å². The van der Waals surface area contributed by atoms with Gasteiger partial charge in [0, 0.05) is 0 Å². The number of allylic oxidation sites excluding steroid dienone is 3. The monoisotopic (exact) mass is 166 g/mol. The molecule has 0 bridgehead atoms. The summed E-state index contributed by atoms with van der Waals surface area (Å²) in [6.07, 6.45) is 7.29. The van der Waals surface area contributed by atoms with Gasteiger partial charge in [0.1, 0.15) is 0 Å². The summed E-state index contributed by atoms with van der Waals surface area (Å²) in [6, 6.07) is 0. The molecule has 0 aromatic heterocycles. The molecule has 68 valence electrons. The van der Waals surface area contributed by atoms with Crippen LogP contribution in [0.15, 0.2) is 23.3 Å². The fraction of sp³-hybridized carbons (Fsp3) is 0.636. The first-order chi connectivity index (χ1) is 5.68. The van der Waals surface area contributed by atoms with Gasteiger partial charge in [0.05, 0.1) is 12.7 Å². The van der Waals surface area contributed by atoms with E-state index in [0.29, 0.717) is 6.10 Å². The van der Waals surface area contributed by atoms with E-state index in [1.807, 2.05) is 0 Å². The van der Waals surface area contributed by atoms with Gasteiger partial charge in [0.15, 0.2) is 0 Å². The first-order valence-corrected chi connectivity index (χ1v) is 4.61. The summed E-state index contributed by atoms with van der Waals surface area (Å²) in [5.41, 5.74) is 2.86. The number of rotatable bonds is 4. The van der Waals surface area contributed by atoms with Crippen molar-refractivity contribution < 1.29 is 4.74 Å². The molecular weight excluding hydrogens is 148 g/mol. The van der Waals surface area contributed by atoms with E-state index < -0.39 is 0 Å². The Kier molecular flexibility index (Phi) is 3.54. The Morgan fingerprint density at radius 1 is 1.42 bits per heavy atom. The van der Waals surface area contributed by atoms with Gasteiger partial charge in [-0.1, -0.05) is 23.3 Å². The number of hydrogen-bond acceptors (Lipinski definition) is 1. The van der Waals surface area contributed by atoms with Crippen molar-refractivity contribution in [2.75, 3.05) is 6.61 Å². The third-order valence-corrected chi connectivity index (χ3v) is 1.92. The van der Waals surface area contributed by atoms with E-state index in [1.54, 1.807) is 0 Å². The second-order valence-electron chi connectivity index (χ2n) is 3.70. The average Bonchev–Trinajstić information content (AvgIpc) is 2.70. The predicted octanol–water partition coefficient (Wildman–Crippen LogP) is 3.08. The molecule has 1 heteroatoms. The van der Waals surface area contributed by atoms with Crippen molar-refractivity contribution in [1.82, 2.24) is 0 Å². The number of hydrogen-bond donors (Lipinski definition) is 0. The zero-order valence-corrected chi connectivity index (χ0v) is 8.26. The van der Waals surface area contributed by atoms with Crippen LogP contribution in [0.1, 0.15) is 33.6 Å². The Morgan fingerprint density at radius 2 is 2.08 bits per heavy atom. The van der Waals surface area contributed by atoms with Gasteiger partial charge < -0.3 is 4.74 Å². The quantitative estimate of drug-likeness (QED) is 0.462. The van der Waals surface area contributed by atoms with Gasteiger partial charge in [0.2, 0.25) is 0 Å². The van der Waals surface area contributed by atoms with Crippen LogP contribution in [0.3, 0.4) is 0 Å². The molecule has 0 aromatic rings. The van der Waals surface area contributed by atoms with Crippen molar-refractivity contribution in [2.24, 2.45) is 0 Å². The molecule has 0 radical (unpaired) electrons. The van der Waals surface area contributed by atoms with Crippen molar-refractivity contribution in [3.8, 4) is 0 Å². The highest BCUT2D eigenvalue weighted by atomic mass is 16.6. The lowest BCUT2D eigenvalue weighted by molar-refractivity contribution is 0.439. The first kappa shape index (κ1) is 9.53. The molecule has 12 heavy (non-hydrogen) atoms. The van der Waals surface area contributed by atoms with Crippen LogP contribution < -0.4 is 0 Å². The summed E-state index contributed by atoms with van der Waals surface area (Å²) in [5, 5.41) is 0. The lowest BCUT2D eigenvalue weighted by Crippen LogP contribution is -1.82. The molecule has 0 amide bonds. The largest absolute Gasteiger partial charge is 0.369 e. The zero-order valence-electron chi connectivity index (χ0n) is 8.26. The predicted molar refractivity (Wildman–Crippen MR) is 52.2 cm³/mol. The van der Waals surface area contributed by atoms with Gasteiger partial charge in [-0.15, -0.1) is 0 Å². The topological polar surface area (TPSA) is 12.5 Å². The second-order valence-corrected chi connectivity index (χ2v) is 3.70. The van der Waals surface area contributed by atoms with Crippen LogP contribution in [0, 0.1) is 0 Å². The standard InChI is InChI=1S/C11H18O/c1-9(2)5-4-6-10(3)7-11-8-12-11/h5,7,11H,4,6,8H2,1-3H3. The number of ether oxygens (including phenoxy) is 1. The van der Waals surface area contributed by atoms with Crippen molar-refractivity contribution >= 4 is 0 Å². The van der Waals surface area contributed by atoms with Gasteiger partial charge in [-0.2, -0.15) is 0 Å². The number of epoxide rings is 1.